The fraction of sp³-hybridized carbons (Fsp3) is 0.714. The molecule has 0 aliphatic heterocycles. The molecule has 0 fully saturated rings. The lowest BCUT2D eigenvalue weighted by molar-refractivity contribution is 0.0984. The molecule has 1 aromatic rings. The molecule has 0 aromatic heterocycles. The van der Waals surface area contributed by atoms with Crippen molar-refractivity contribution in [1.29, 1.82) is 0 Å². The zero-order valence-corrected chi connectivity index (χ0v) is 19.4. The highest BCUT2D eigenvalue weighted by atomic mass is 79.9. The van der Waals surface area contributed by atoms with E-state index in [9.17, 15) is 0 Å². The van der Waals surface area contributed by atoms with Crippen LogP contribution in [0.25, 0.3) is 0 Å². The standard InChI is InChI=1S/C21H36BrO2Si/c1-6-7-8-9-10-11-14-24-20-13-12-19(22)15-18(20)16-23-17-21(2,3)25(4)5/h12-13,15H,6-11,14,16-17H2,1-5H3. The molecule has 0 aliphatic rings. The second-order valence-electron chi connectivity index (χ2n) is 7.74. The summed E-state index contributed by atoms with van der Waals surface area (Å²) in [6, 6.07) is 6.22. The highest BCUT2D eigenvalue weighted by Gasteiger charge is 2.24. The van der Waals surface area contributed by atoms with Crippen molar-refractivity contribution in [2.24, 2.45) is 0 Å². The molecule has 25 heavy (non-hydrogen) atoms. The van der Waals surface area contributed by atoms with E-state index in [-0.39, 0.29) is 13.8 Å². The molecule has 143 valence electrons. The van der Waals surface area contributed by atoms with Gasteiger partial charge >= 0.3 is 0 Å². The van der Waals surface area contributed by atoms with Crippen LogP contribution in [0.4, 0.5) is 0 Å². The molecule has 0 spiro atoms. The van der Waals surface area contributed by atoms with E-state index in [1.54, 1.807) is 0 Å². The van der Waals surface area contributed by atoms with Crippen LogP contribution in [-0.4, -0.2) is 22.0 Å². The maximum absolute atomic E-state index is 6.04. The molecule has 0 saturated heterocycles. The van der Waals surface area contributed by atoms with E-state index in [1.165, 1.54) is 32.1 Å². The maximum Gasteiger partial charge on any atom is 0.124 e. The second kappa shape index (κ2) is 12.1. The number of hydrogen-bond acceptors (Lipinski definition) is 2. The Morgan fingerprint density at radius 1 is 1.04 bits per heavy atom. The van der Waals surface area contributed by atoms with Crippen LogP contribution in [0, 0.1) is 0 Å². The first-order chi connectivity index (χ1) is 11.9. The number of hydrogen-bond donors (Lipinski definition) is 0. The number of rotatable bonds is 13. The fourth-order valence-electron chi connectivity index (χ4n) is 2.43. The van der Waals surface area contributed by atoms with E-state index >= 15 is 0 Å². The third kappa shape index (κ3) is 9.25. The normalized spacial score (nSPS) is 12.0. The van der Waals surface area contributed by atoms with Gasteiger partial charge in [-0.25, -0.2) is 0 Å². The summed E-state index contributed by atoms with van der Waals surface area (Å²) in [5.41, 5.74) is 1.14. The Balaban J connectivity index is 2.44. The van der Waals surface area contributed by atoms with Gasteiger partial charge in [-0.3, -0.25) is 0 Å². The number of benzene rings is 1. The summed E-state index contributed by atoms with van der Waals surface area (Å²) >= 11 is 3.56. The molecule has 0 heterocycles. The summed E-state index contributed by atoms with van der Waals surface area (Å²) in [5, 5.41) is 0.288. The molecule has 1 rings (SSSR count). The highest BCUT2D eigenvalue weighted by molar-refractivity contribution is 9.10. The van der Waals surface area contributed by atoms with E-state index in [0.717, 1.165) is 35.4 Å². The molecular formula is C21H36BrO2Si. The minimum absolute atomic E-state index is 0.288. The first-order valence-electron chi connectivity index (χ1n) is 9.66. The molecule has 0 unspecified atom stereocenters. The Bertz CT molecular complexity index is 489. The number of unbranched alkanes of at least 4 members (excludes halogenated alkanes) is 5. The van der Waals surface area contributed by atoms with Gasteiger partial charge < -0.3 is 9.47 Å². The minimum atomic E-state index is -0.375. The largest absolute Gasteiger partial charge is 0.493 e. The number of halogens is 1. The maximum atomic E-state index is 6.04. The SMILES string of the molecule is CCCCCCCCOc1ccc(Br)cc1COCC(C)(C)[Si](C)C. The topological polar surface area (TPSA) is 18.5 Å². The lowest BCUT2D eigenvalue weighted by Crippen LogP contribution is -2.26. The smallest absolute Gasteiger partial charge is 0.124 e. The zero-order valence-electron chi connectivity index (χ0n) is 16.8. The van der Waals surface area contributed by atoms with Crippen molar-refractivity contribution >= 4 is 24.7 Å². The predicted molar refractivity (Wildman–Crippen MR) is 114 cm³/mol. The van der Waals surface area contributed by atoms with E-state index in [1.807, 2.05) is 6.07 Å². The van der Waals surface area contributed by atoms with Crippen LogP contribution >= 0.6 is 15.9 Å². The van der Waals surface area contributed by atoms with Gasteiger partial charge in [-0.2, -0.15) is 0 Å². The Kier molecular flexibility index (Phi) is 11.0. The summed E-state index contributed by atoms with van der Waals surface area (Å²) in [6.07, 6.45) is 7.71. The molecule has 0 N–H and O–H groups in total. The summed E-state index contributed by atoms with van der Waals surface area (Å²) in [6.45, 7) is 13.8. The molecule has 0 amide bonds. The average molecular weight is 429 g/mol. The Morgan fingerprint density at radius 3 is 2.40 bits per heavy atom. The molecule has 0 bridgehead atoms. The van der Waals surface area contributed by atoms with E-state index in [2.05, 4.69) is 61.9 Å². The van der Waals surface area contributed by atoms with Gasteiger partial charge in [0.2, 0.25) is 0 Å². The summed E-state index contributed by atoms with van der Waals surface area (Å²) < 4.78 is 13.1. The Hall–Kier alpha value is -0.323. The first kappa shape index (κ1) is 22.7. The van der Waals surface area contributed by atoms with Gasteiger partial charge in [0.05, 0.1) is 22.0 Å². The molecule has 0 saturated carbocycles. The van der Waals surface area contributed by atoms with Crippen LogP contribution in [0.3, 0.4) is 0 Å². The number of ether oxygens (including phenoxy) is 2. The van der Waals surface area contributed by atoms with Crippen molar-refractivity contribution in [3.8, 4) is 5.75 Å². The molecule has 2 nitrogen and oxygen atoms in total. The monoisotopic (exact) mass is 427 g/mol. The quantitative estimate of drug-likeness (QED) is 0.244. The van der Waals surface area contributed by atoms with E-state index in [0.29, 0.717) is 6.61 Å². The Labute approximate surface area is 165 Å². The van der Waals surface area contributed by atoms with Crippen LogP contribution in [0.2, 0.25) is 18.1 Å². The minimum Gasteiger partial charge on any atom is -0.493 e. The summed E-state index contributed by atoms with van der Waals surface area (Å²) in [5.74, 6) is 0.966. The average Bonchev–Trinajstić information content (AvgIpc) is 2.55. The third-order valence-electron chi connectivity index (χ3n) is 4.85. The van der Waals surface area contributed by atoms with Gasteiger partial charge in [-0.1, -0.05) is 81.9 Å². The van der Waals surface area contributed by atoms with Crippen molar-refractivity contribution in [3.63, 3.8) is 0 Å². The van der Waals surface area contributed by atoms with Crippen LogP contribution in [0.15, 0.2) is 22.7 Å². The molecule has 1 radical (unpaired) electrons. The van der Waals surface area contributed by atoms with Crippen molar-refractivity contribution in [3.05, 3.63) is 28.2 Å². The van der Waals surface area contributed by atoms with Gasteiger partial charge in [-0.15, -0.1) is 0 Å². The summed E-state index contributed by atoms with van der Waals surface area (Å²) in [4.78, 5) is 0. The van der Waals surface area contributed by atoms with Crippen molar-refractivity contribution in [2.45, 2.75) is 84.0 Å². The van der Waals surface area contributed by atoms with Crippen molar-refractivity contribution < 1.29 is 9.47 Å². The van der Waals surface area contributed by atoms with Gasteiger partial charge in [0, 0.05) is 16.6 Å². The van der Waals surface area contributed by atoms with E-state index in [4.69, 9.17) is 9.47 Å². The predicted octanol–water partition coefficient (Wildman–Crippen LogP) is 7.24. The molecule has 0 aliphatic carbocycles. The van der Waals surface area contributed by atoms with Crippen LogP contribution in [0.5, 0.6) is 5.75 Å². The lowest BCUT2D eigenvalue weighted by Gasteiger charge is -2.27. The molecular weight excluding hydrogens is 392 g/mol. The van der Waals surface area contributed by atoms with Crippen molar-refractivity contribution in [1.82, 2.24) is 0 Å². The van der Waals surface area contributed by atoms with Crippen LogP contribution < -0.4 is 4.74 Å². The van der Waals surface area contributed by atoms with Crippen molar-refractivity contribution in [2.75, 3.05) is 13.2 Å². The molecule has 4 heteroatoms. The Morgan fingerprint density at radius 2 is 1.72 bits per heavy atom. The molecule has 0 atom stereocenters. The fourth-order valence-corrected chi connectivity index (χ4v) is 3.23. The van der Waals surface area contributed by atoms with Gasteiger partial charge in [0.1, 0.15) is 5.75 Å². The zero-order chi connectivity index (χ0) is 18.7. The van der Waals surface area contributed by atoms with Gasteiger partial charge in [0.15, 0.2) is 0 Å². The third-order valence-corrected chi connectivity index (χ3v) is 8.20. The van der Waals surface area contributed by atoms with Gasteiger partial charge in [-0.05, 0) is 29.7 Å². The highest BCUT2D eigenvalue weighted by Crippen LogP contribution is 2.30. The first-order valence-corrected chi connectivity index (χ1v) is 13.0. The van der Waals surface area contributed by atoms with Crippen LogP contribution in [0.1, 0.15) is 64.9 Å². The second-order valence-corrected chi connectivity index (χ2v) is 12.0. The molecule has 1 aromatic carbocycles. The summed E-state index contributed by atoms with van der Waals surface area (Å²) in [7, 11) is -0.375. The van der Waals surface area contributed by atoms with E-state index < -0.39 is 0 Å². The van der Waals surface area contributed by atoms with Crippen LogP contribution in [-0.2, 0) is 11.3 Å². The lowest BCUT2D eigenvalue weighted by atomic mass is 10.1. The van der Waals surface area contributed by atoms with Gasteiger partial charge in [0.25, 0.3) is 0 Å².